The molecule has 1 N–H and O–H groups in total. The Morgan fingerprint density at radius 3 is 2.32 bits per heavy atom. The Bertz CT molecular complexity index is 1920. The van der Waals surface area contributed by atoms with Gasteiger partial charge in [0.15, 0.2) is 0 Å². The van der Waals surface area contributed by atoms with E-state index in [2.05, 4.69) is 72.8 Å². The number of hydrogen-bond acceptors (Lipinski definition) is 3. The van der Waals surface area contributed by atoms with Gasteiger partial charge >= 0.3 is 0 Å². The minimum atomic E-state index is 0. The van der Waals surface area contributed by atoms with Crippen molar-refractivity contribution >= 4 is 38.4 Å². The maximum Gasteiger partial charge on any atom is 0.146 e. The van der Waals surface area contributed by atoms with Gasteiger partial charge in [0.05, 0.1) is 11.3 Å². The molecule has 37 heavy (non-hydrogen) atoms. The van der Waals surface area contributed by atoms with Crippen LogP contribution < -0.4 is 0 Å². The van der Waals surface area contributed by atoms with Gasteiger partial charge in [-0.3, -0.25) is 9.38 Å². The van der Waals surface area contributed by atoms with Gasteiger partial charge in [-0.15, -0.1) is 29.3 Å². The number of aromatic nitrogens is 3. The summed E-state index contributed by atoms with van der Waals surface area (Å²) in [4.78, 5) is 9.91. The summed E-state index contributed by atoms with van der Waals surface area (Å²) in [6.45, 7) is 4.44. The second kappa shape index (κ2) is 8.97. The van der Waals surface area contributed by atoms with Gasteiger partial charge in [0.25, 0.3) is 0 Å². The van der Waals surface area contributed by atoms with Crippen LogP contribution in [0, 0.1) is 12.0 Å². The number of pyridine rings is 2. The quantitative estimate of drug-likeness (QED) is 0.197. The monoisotopic (exact) mass is 661 g/mol. The van der Waals surface area contributed by atoms with Crippen molar-refractivity contribution in [3.63, 3.8) is 0 Å². The maximum absolute atomic E-state index is 10.5. The van der Waals surface area contributed by atoms with Gasteiger partial charge in [-0.25, -0.2) is 4.98 Å². The molecule has 5 heteroatoms. The fourth-order valence-electron chi connectivity index (χ4n) is 5.50. The smallest absolute Gasteiger partial charge is 0.146 e. The van der Waals surface area contributed by atoms with Crippen molar-refractivity contribution in [2.75, 3.05) is 0 Å². The molecule has 4 aromatic heterocycles. The zero-order valence-corrected chi connectivity index (χ0v) is 22.7. The summed E-state index contributed by atoms with van der Waals surface area (Å²) in [5.74, 6) is 0.761. The molecule has 0 atom stereocenters. The van der Waals surface area contributed by atoms with E-state index in [0.29, 0.717) is 5.92 Å². The van der Waals surface area contributed by atoms with Gasteiger partial charge in [-0.05, 0) is 36.1 Å². The number of aromatic hydroxyl groups is 1. The third kappa shape index (κ3) is 3.70. The van der Waals surface area contributed by atoms with Crippen LogP contribution in [0.4, 0.5) is 0 Å². The number of phenolic OH excluding ortho intramolecular Hbond substituents is 1. The number of nitrogens with zero attached hydrogens (tertiary/aromatic N) is 3. The molecule has 0 aliphatic rings. The van der Waals surface area contributed by atoms with Gasteiger partial charge < -0.3 is 5.11 Å². The van der Waals surface area contributed by atoms with Crippen LogP contribution in [0.25, 0.3) is 60.7 Å². The largest absolute Gasteiger partial charge is 0.515 e. The van der Waals surface area contributed by atoms with Crippen molar-refractivity contribution in [3.8, 4) is 28.1 Å². The molecule has 3 aromatic carbocycles. The number of rotatable bonds is 4. The van der Waals surface area contributed by atoms with Crippen LogP contribution in [-0.4, -0.2) is 19.5 Å². The fraction of sp³-hybridized carbons (Fsp3) is 0.125. The van der Waals surface area contributed by atoms with Crippen molar-refractivity contribution < 1.29 is 26.2 Å². The van der Waals surface area contributed by atoms with Gasteiger partial charge in [0.2, 0.25) is 0 Å². The molecule has 4 heterocycles. The number of phenols is 1. The SMILES string of the molecule is CC(C)Cc1cc(-c2ccc3c4cccc5c6cccnc6n(c3n2)c54)[c-]c(-c2ccccc2O)c1.[Pt]. The summed E-state index contributed by atoms with van der Waals surface area (Å²) in [5, 5.41) is 15.2. The van der Waals surface area contributed by atoms with E-state index in [1.165, 1.54) is 21.9 Å². The number of hydrogen-bond donors (Lipinski definition) is 1. The number of fused-ring (bicyclic) bond motifs is 6. The molecular weight excluding hydrogens is 637 g/mol. The normalized spacial score (nSPS) is 11.8. The first kappa shape index (κ1) is 23.6. The topological polar surface area (TPSA) is 50.4 Å². The van der Waals surface area contributed by atoms with Crippen LogP contribution in [0.5, 0.6) is 5.75 Å². The average Bonchev–Trinajstić information content (AvgIpc) is 3.40. The van der Waals surface area contributed by atoms with Crippen LogP contribution in [0.3, 0.4) is 0 Å². The van der Waals surface area contributed by atoms with Crippen molar-refractivity contribution in [1.82, 2.24) is 14.4 Å². The summed E-state index contributed by atoms with van der Waals surface area (Å²) < 4.78 is 2.20. The predicted octanol–water partition coefficient (Wildman–Crippen LogP) is 7.66. The Labute approximate surface area is 229 Å². The molecule has 0 aliphatic carbocycles. The Kier molecular flexibility index (Phi) is 5.73. The standard InChI is InChI=1S/C32H24N3O.Pt/c1-19(2)15-20-16-21(23-7-3-4-11-29(23)36)18-22(17-20)28-13-12-27-25-9-5-8-24-26-10-6-14-33-31(26)35(30(24)25)32(27)34-28;/h3-14,16-17,19,36H,15H2,1-2H3;/q-1;. The molecule has 0 spiro atoms. The van der Waals surface area contributed by atoms with Gasteiger partial charge in [-0.2, -0.15) is 0 Å². The van der Waals surface area contributed by atoms with E-state index in [9.17, 15) is 5.11 Å². The summed E-state index contributed by atoms with van der Waals surface area (Å²) >= 11 is 0. The Balaban J connectivity index is 0.00000252. The summed E-state index contributed by atoms with van der Waals surface area (Å²) in [6, 6.07) is 30.1. The first-order chi connectivity index (χ1) is 17.6. The average molecular weight is 662 g/mol. The van der Waals surface area contributed by atoms with Crippen LogP contribution in [0.2, 0.25) is 0 Å². The summed E-state index contributed by atoms with van der Waals surface area (Å²) in [7, 11) is 0. The minimum Gasteiger partial charge on any atom is -0.515 e. The first-order valence-corrected chi connectivity index (χ1v) is 12.3. The molecule has 0 bridgehead atoms. The Morgan fingerprint density at radius 1 is 0.811 bits per heavy atom. The third-order valence-electron chi connectivity index (χ3n) is 6.97. The van der Waals surface area contributed by atoms with Crippen LogP contribution in [-0.2, 0) is 27.5 Å². The number of para-hydroxylation sites is 2. The van der Waals surface area contributed by atoms with Gasteiger partial charge in [-0.1, -0.05) is 67.9 Å². The molecule has 184 valence electrons. The van der Waals surface area contributed by atoms with Crippen molar-refractivity contribution in [2.24, 2.45) is 5.92 Å². The molecule has 0 aliphatic heterocycles. The van der Waals surface area contributed by atoms with E-state index >= 15 is 0 Å². The van der Waals surface area contributed by atoms with E-state index in [1.807, 2.05) is 30.5 Å². The fourth-order valence-corrected chi connectivity index (χ4v) is 5.50. The van der Waals surface area contributed by atoms with Crippen molar-refractivity contribution in [3.05, 3.63) is 96.7 Å². The van der Waals surface area contributed by atoms with Gasteiger partial charge in [0, 0.05) is 54.5 Å². The molecule has 0 saturated carbocycles. The zero-order chi connectivity index (χ0) is 24.4. The first-order valence-electron chi connectivity index (χ1n) is 12.3. The summed E-state index contributed by atoms with van der Waals surface area (Å²) in [6.07, 6.45) is 2.78. The van der Waals surface area contributed by atoms with E-state index in [-0.39, 0.29) is 26.8 Å². The molecule has 4 nitrogen and oxygen atoms in total. The zero-order valence-electron chi connectivity index (χ0n) is 20.5. The minimum absolute atomic E-state index is 0. The Hall–Kier alpha value is -3.75. The third-order valence-corrected chi connectivity index (χ3v) is 6.97. The van der Waals surface area contributed by atoms with Crippen LogP contribution >= 0.6 is 0 Å². The van der Waals surface area contributed by atoms with E-state index in [4.69, 9.17) is 9.97 Å². The molecule has 0 unspecified atom stereocenters. The van der Waals surface area contributed by atoms with Crippen LogP contribution in [0.1, 0.15) is 19.4 Å². The molecule has 0 saturated heterocycles. The maximum atomic E-state index is 10.5. The predicted molar refractivity (Wildman–Crippen MR) is 147 cm³/mol. The summed E-state index contributed by atoms with van der Waals surface area (Å²) in [5.41, 5.74) is 7.63. The number of benzene rings is 3. The molecular formula is C32H24N3OPt-. The second-order valence-electron chi connectivity index (χ2n) is 9.91. The van der Waals surface area contributed by atoms with E-state index < -0.39 is 0 Å². The molecule has 0 fully saturated rings. The second-order valence-corrected chi connectivity index (χ2v) is 9.91. The van der Waals surface area contributed by atoms with E-state index in [0.717, 1.165) is 50.9 Å². The van der Waals surface area contributed by atoms with E-state index in [1.54, 1.807) is 6.07 Å². The van der Waals surface area contributed by atoms with Gasteiger partial charge in [0.1, 0.15) is 11.3 Å². The molecule has 0 radical (unpaired) electrons. The Morgan fingerprint density at radius 2 is 1.54 bits per heavy atom. The molecule has 0 amide bonds. The molecule has 7 aromatic rings. The van der Waals surface area contributed by atoms with Crippen molar-refractivity contribution in [2.45, 2.75) is 20.3 Å². The van der Waals surface area contributed by atoms with Crippen LogP contribution in [0.15, 0.2) is 85.1 Å². The molecule has 7 rings (SSSR count). The van der Waals surface area contributed by atoms with Crippen molar-refractivity contribution in [1.29, 1.82) is 0 Å².